The third-order valence-electron chi connectivity index (χ3n) is 2.52. The molecular formula is C13H19NO2. The average Bonchev–Trinajstić information content (AvgIpc) is 2.17. The van der Waals surface area contributed by atoms with Crippen LogP contribution in [0.3, 0.4) is 0 Å². The Morgan fingerprint density at radius 2 is 1.75 bits per heavy atom. The van der Waals surface area contributed by atoms with E-state index in [9.17, 15) is 4.79 Å². The topological polar surface area (TPSA) is 52.3 Å². The van der Waals surface area contributed by atoms with Crippen LogP contribution in [0, 0.1) is 5.41 Å². The minimum Gasteiger partial charge on any atom is -0.376 e. The number of rotatable bonds is 3. The molecule has 0 fully saturated rings. The van der Waals surface area contributed by atoms with E-state index < -0.39 is 5.91 Å². The summed E-state index contributed by atoms with van der Waals surface area (Å²) in [5.74, 6) is -0.406. The molecule has 1 atom stereocenters. The lowest BCUT2D eigenvalue weighted by atomic mass is 9.84. The molecule has 0 bridgehead atoms. The summed E-state index contributed by atoms with van der Waals surface area (Å²) in [6.45, 7) is 6.34. The molecule has 1 rings (SSSR count). The summed E-state index contributed by atoms with van der Waals surface area (Å²) in [4.78, 5) is 10.9. The fourth-order valence-corrected chi connectivity index (χ4v) is 1.81. The molecule has 1 aromatic carbocycles. The molecule has 16 heavy (non-hydrogen) atoms. The van der Waals surface area contributed by atoms with E-state index in [1.807, 2.05) is 12.1 Å². The molecule has 0 aliphatic carbocycles. The maximum atomic E-state index is 10.9. The summed E-state index contributed by atoms with van der Waals surface area (Å²) >= 11 is 0. The van der Waals surface area contributed by atoms with E-state index in [0.717, 1.165) is 5.56 Å². The van der Waals surface area contributed by atoms with Gasteiger partial charge >= 0.3 is 0 Å². The Morgan fingerprint density at radius 3 is 2.06 bits per heavy atom. The zero-order valence-electron chi connectivity index (χ0n) is 10.3. The van der Waals surface area contributed by atoms with Crippen LogP contribution in [0.5, 0.6) is 0 Å². The van der Waals surface area contributed by atoms with Gasteiger partial charge in [-0.3, -0.25) is 4.79 Å². The van der Waals surface area contributed by atoms with E-state index in [0.29, 0.717) is 5.56 Å². The van der Waals surface area contributed by atoms with Gasteiger partial charge in [0.25, 0.3) is 0 Å². The van der Waals surface area contributed by atoms with Gasteiger partial charge < -0.3 is 10.5 Å². The predicted octanol–water partition coefficient (Wildman–Crippen LogP) is 2.52. The molecule has 0 aliphatic heterocycles. The van der Waals surface area contributed by atoms with Crippen molar-refractivity contribution < 1.29 is 9.53 Å². The summed E-state index contributed by atoms with van der Waals surface area (Å²) in [5, 5.41) is 0. The Kier molecular flexibility index (Phi) is 3.70. The molecular weight excluding hydrogens is 202 g/mol. The molecule has 0 heterocycles. The Balaban J connectivity index is 3.00. The highest BCUT2D eigenvalue weighted by molar-refractivity contribution is 5.92. The van der Waals surface area contributed by atoms with Gasteiger partial charge in [0.2, 0.25) is 5.91 Å². The maximum Gasteiger partial charge on any atom is 0.248 e. The fourth-order valence-electron chi connectivity index (χ4n) is 1.81. The van der Waals surface area contributed by atoms with Gasteiger partial charge in [0.1, 0.15) is 0 Å². The van der Waals surface area contributed by atoms with Crippen LogP contribution in [0.4, 0.5) is 0 Å². The minimum atomic E-state index is -0.406. The third kappa shape index (κ3) is 2.83. The second-order valence-electron chi connectivity index (χ2n) is 4.97. The maximum absolute atomic E-state index is 10.9. The molecule has 3 heteroatoms. The van der Waals surface area contributed by atoms with E-state index in [2.05, 4.69) is 20.8 Å². The highest BCUT2D eigenvalue weighted by Crippen LogP contribution is 2.35. The van der Waals surface area contributed by atoms with Crippen molar-refractivity contribution in [2.45, 2.75) is 26.9 Å². The number of carbonyl (C=O) groups is 1. The number of hydrogen-bond donors (Lipinski definition) is 1. The van der Waals surface area contributed by atoms with Gasteiger partial charge in [-0.15, -0.1) is 0 Å². The molecule has 3 nitrogen and oxygen atoms in total. The summed E-state index contributed by atoms with van der Waals surface area (Å²) in [6.07, 6.45) is 0.00873. The van der Waals surface area contributed by atoms with Crippen LogP contribution < -0.4 is 5.73 Å². The van der Waals surface area contributed by atoms with Crippen molar-refractivity contribution in [1.82, 2.24) is 0 Å². The lowest BCUT2D eigenvalue weighted by molar-refractivity contribution is 0.0152. The zero-order chi connectivity index (χ0) is 12.3. The molecule has 88 valence electrons. The number of ether oxygens (including phenoxy) is 1. The van der Waals surface area contributed by atoms with Crippen LogP contribution in [-0.4, -0.2) is 13.0 Å². The van der Waals surface area contributed by atoms with Crippen molar-refractivity contribution >= 4 is 5.91 Å². The van der Waals surface area contributed by atoms with Gasteiger partial charge in [-0.05, 0) is 23.1 Å². The zero-order valence-corrected chi connectivity index (χ0v) is 10.3. The third-order valence-corrected chi connectivity index (χ3v) is 2.52. The fraction of sp³-hybridized carbons (Fsp3) is 0.462. The van der Waals surface area contributed by atoms with Crippen LogP contribution >= 0.6 is 0 Å². The van der Waals surface area contributed by atoms with E-state index >= 15 is 0 Å². The standard InChI is InChI=1S/C13H19NO2/c1-13(2,3)11(16-4)9-5-7-10(8-6-9)12(14)15/h5-8,11H,1-4H3,(H2,14,15). The summed E-state index contributed by atoms with van der Waals surface area (Å²) in [6, 6.07) is 7.24. The van der Waals surface area contributed by atoms with Gasteiger partial charge in [-0.2, -0.15) is 0 Å². The first-order valence-corrected chi connectivity index (χ1v) is 5.29. The van der Waals surface area contributed by atoms with Crippen LogP contribution in [0.2, 0.25) is 0 Å². The Bertz CT molecular complexity index is 363. The van der Waals surface area contributed by atoms with Gasteiger partial charge in [0.05, 0.1) is 6.10 Å². The van der Waals surface area contributed by atoms with Crippen molar-refractivity contribution in [1.29, 1.82) is 0 Å². The molecule has 0 spiro atoms. The number of primary amides is 1. The first-order chi connectivity index (χ1) is 7.36. The molecule has 0 saturated heterocycles. The van der Waals surface area contributed by atoms with Gasteiger partial charge in [-0.1, -0.05) is 32.9 Å². The number of nitrogens with two attached hydrogens (primary N) is 1. The van der Waals surface area contributed by atoms with E-state index in [1.165, 1.54) is 0 Å². The summed E-state index contributed by atoms with van der Waals surface area (Å²) in [5.41, 5.74) is 6.78. The quantitative estimate of drug-likeness (QED) is 0.852. The summed E-state index contributed by atoms with van der Waals surface area (Å²) in [7, 11) is 1.69. The molecule has 1 unspecified atom stereocenters. The Morgan fingerprint density at radius 1 is 1.25 bits per heavy atom. The normalized spacial score (nSPS) is 13.5. The van der Waals surface area contributed by atoms with Crippen molar-refractivity contribution in [3.8, 4) is 0 Å². The van der Waals surface area contributed by atoms with Crippen molar-refractivity contribution in [2.75, 3.05) is 7.11 Å². The van der Waals surface area contributed by atoms with Crippen LogP contribution in [-0.2, 0) is 4.74 Å². The van der Waals surface area contributed by atoms with Crippen molar-refractivity contribution in [3.05, 3.63) is 35.4 Å². The molecule has 0 radical (unpaired) electrons. The van der Waals surface area contributed by atoms with Gasteiger partial charge in [0.15, 0.2) is 0 Å². The van der Waals surface area contributed by atoms with Gasteiger partial charge in [0, 0.05) is 12.7 Å². The first kappa shape index (κ1) is 12.7. The molecule has 0 saturated carbocycles. The Hall–Kier alpha value is -1.35. The van der Waals surface area contributed by atoms with Crippen molar-refractivity contribution in [3.63, 3.8) is 0 Å². The highest BCUT2D eigenvalue weighted by Gasteiger charge is 2.25. The molecule has 1 amide bonds. The SMILES string of the molecule is COC(c1ccc(C(N)=O)cc1)C(C)(C)C. The van der Waals surface area contributed by atoms with Gasteiger partial charge in [-0.25, -0.2) is 0 Å². The molecule has 0 aliphatic rings. The highest BCUT2D eigenvalue weighted by atomic mass is 16.5. The largest absolute Gasteiger partial charge is 0.376 e. The lowest BCUT2D eigenvalue weighted by Crippen LogP contribution is -2.20. The van der Waals surface area contributed by atoms with Crippen molar-refractivity contribution in [2.24, 2.45) is 11.1 Å². The van der Waals surface area contributed by atoms with Crippen LogP contribution in [0.15, 0.2) is 24.3 Å². The number of methoxy groups -OCH3 is 1. The predicted molar refractivity (Wildman–Crippen MR) is 64.2 cm³/mol. The smallest absolute Gasteiger partial charge is 0.248 e. The van der Waals surface area contributed by atoms with Crippen LogP contribution in [0.25, 0.3) is 0 Å². The summed E-state index contributed by atoms with van der Waals surface area (Å²) < 4.78 is 5.48. The van der Waals surface area contributed by atoms with Crippen LogP contribution in [0.1, 0.15) is 42.8 Å². The molecule has 2 N–H and O–H groups in total. The van der Waals surface area contributed by atoms with E-state index in [4.69, 9.17) is 10.5 Å². The second-order valence-corrected chi connectivity index (χ2v) is 4.97. The number of benzene rings is 1. The Labute approximate surface area is 96.6 Å². The second kappa shape index (κ2) is 4.66. The number of amides is 1. The lowest BCUT2D eigenvalue weighted by Gasteiger charge is -2.29. The van der Waals surface area contributed by atoms with E-state index in [1.54, 1.807) is 19.2 Å². The molecule has 1 aromatic rings. The average molecular weight is 221 g/mol. The monoisotopic (exact) mass is 221 g/mol. The number of carbonyl (C=O) groups excluding carboxylic acids is 1. The molecule has 0 aromatic heterocycles. The minimum absolute atomic E-state index is 0.00873. The first-order valence-electron chi connectivity index (χ1n) is 5.29. The number of hydrogen-bond acceptors (Lipinski definition) is 2. The van der Waals surface area contributed by atoms with E-state index in [-0.39, 0.29) is 11.5 Å².